The molecule has 4 rings (SSSR count). The van der Waals surface area contributed by atoms with Crippen LogP contribution in [0.3, 0.4) is 0 Å². The van der Waals surface area contributed by atoms with E-state index in [0.717, 1.165) is 17.5 Å². The molecule has 2 aromatic carbocycles. The predicted molar refractivity (Wildman–Crippen MR) is 133 cm³/mol. The van der Waals surface area contributed by atoms with Crippen LogP contribution >= 0.6 is 0 Å². The smallest absolute Gasteiger partial charge is 0.414 e. The Bertz CT molecular complexity index is 1100. The molecule has 2 aliphatic rings. The van der Waals surface area contributed by atoms with Gasteiger partial charge in [-0.2, -0.15) is 0 Å². The predicted octanol–water partition coefficient (Wildman–Crippen LogP) is 4.88. The van der Waals surface area contributed by atoms with Gasteiger partial charge >= 0.3 is 12.2 Å². The molecule has 2 aromatic rings. The van der Waals surface area contributed by atoms with Crippen molar-refractivity contribution in [1.82, 2.24) is 4.90 Å². The summed E-state index contributed by atoms with van der Waals surface area (Å²) < 4.78 is 11.1. The zero-order valence-electron chi connectivity index (χ0n) is 20.8. The Labute approximate surface area is 206 Å². The number of anilines is 2. The SMILES string of the molecule is Cc1cccc2c1N(C(=O)OC(C)(C)C)CCN2C(=O)[C@@H]1CCCN1C(=O)OCc1ccccc1. The van der Waals surface area contributed by atoms with Crippen LogP contribution in [0.1, 0.15) is 44.7 Å². The van der Waals surface area contributed by atoms with Crippen LogP contribution in [0.2, 0.25) is 0 Å². The van der Waals surface area contributed by atoms with Gasteiger partial charge in [-0.1, -0.05) is 42.5 Å². The van der Waals surface area contributed by atoms with Crippen molar-refractivity contribution in [2.75, 3.05) is 29.4 Å². The molecule has 1 saturated heterocycles. The van der Waals surface area contributed by atoms with Gasteiger partial charge in [-0.15, -0.1) is 0 Å². The van der Waals surface area contributed by atoms with E-state index >= 15 is 0 Å². The van der Waals surface area contributed by atoms with Crippen molar-refractivity contribution in [3.63, 3.8) is 0 Å². The lowest BCUT2D eigenvalue weighted by atomic mass is 10.1. The largest absolute Gasteiger partial charge is 0.445 e. The number of rotatable bonds is 3. The Kier molecular flexibility index (Phi) is 7.00. The molecule has 0 bridgehead atoms. The van der Waals surface area contributed by atoms with Crippen LogP contribution in [-0.4, -0.2) is 54.3 Å². The minimum absolute atomic E-state index is 0.158. The minimum atomic E-state index is -0.628. The molecule has 0 aromatic heterocycles. The molecule has 0 unspecified atom stereocenters. The molecule has 1 fully saturated rings. The topological polar surface area (TPSA) is 79.4 Å². The van der Waals surface area contributed by atoms with Gasteiger partial charge in [0.15, 0.2) is 0 Å². The molecule has 1 atom stereocenters. The number of likely N-dealkylation sites (tertiary alicyclic amines) is 1. The van der Waals surface area contributed by atoms with Crippen molar-refractivity contribution in [3.05, 3.63) is 59.7 Å². The Morgan fingerprint density at radius 1 is 0.914 bits per heavy atom. The number of hydrogen-bond donors (Lipinski definition) is 0. The average molecular weight is 480 g/mol. The van der Waals surface area contributed by atoms with Gasteiger partial charge in [0.1, 0.15) is 18.2 Å². The van der Waals surface area contributed by atoms with Crippen LogP contribution in [0.5, 0.6) is 0 Å². The van der Waals surface area contributed by atoms with E-state index in [4.69, 9.17) is 9.47 Å². The van der Waals surface area contributed by atoms with Gasteiger partial charge in [-0.3, -0.25) is 14.6 Å². The lowest BCUT2D eigenvalue weighted by Crippen LogP contribution is -2.53. The Balaban J connectivity index is 1.52. The van der Waals surface area contributed by atoms with Gasteiger partial charge in [-0.25, -0.2) is 9.59 Å². The van der Waals surface area contributed by atoms with Crippen LogP contribution in [0.15, 0.2) is 48.5 Å². The van der Waals surface area contributed by atoms with Gasteiger partial charge in [0.2, 0.25) is 5.91 Å². The second kappa shape index (κ2) is 9.98. The van der Waals surface area contributed by atoms with E-state index in [9.17, 15) is 14.4 Å². The quantitative estimate of drug-likeness (QED) is 0.627. The fraction of sp³-hybridized carbons (Fsp3) is 0.444. The van der Waals surface area contributed by atoms with Gasteiger partial charge in [-0.05, 0) is 57.7 Å². The third-order valence-electron chi connectivity index (χ3n) is 6.18. The third kappa shape index (κ3) is 5.42. The number of aryl methyl sites for hydroxylation is 1. The van der Waals surface area contributed by atoms with E-state index in [1.807, 2.05) is 76.2 Å². The summed E-state index contributed by atoms with van der Waals surface area (Å²) in [4.78, 5) is 44.3. The fourth-order valence-electron chi connectivity index (χ4n) is 4.60. The molecule has 0 saturated carbocycles. The first-order valence-electron chi connectivity index (χ1n) is 12.0. The maximum absolute atomic E-state index is 13.7. The summed E-state index contributed by atoms with van der Waals surface area (Å²) in [7, 11) is 0. The summed E-state index contributed by atoms with van der Waals surface area (Å²) in [5, 5.41) is 0. The number of ether oxygens (including phenoxy) is 2. The summed E-state index contributed by atoms with van der Waals surface area (Å²) >= 11 is 0. The van der Waals surface area contributed by atoms with Gasteiger partial charge in [0, 0.05) is 19.6 Å². The standard InChI is InChI=1S/C27H33N3O5/c1-19-10-8-13-21-23(19)30(26(33)35-27(2,3)4)17-16-28(21)24(31)22-14-9-15-29(22)25(32)34-18-20-11-6-5-7-12-20/h5-8,10-13,22H,9,14-18H2,1-4H3/t22-/m0/s1. The maximum Gasteiger partial charge on any atom is 0.414 e. The zero-order chi connectivity index (χ0) is 25.2. The highest BCUT2D eigenvalue weighted by molar-refractivity contribution is 6.05. The highest BCUT2D eigenvalue weighted by Gasteiger charge is 2.41. The monoisotopic (exact) mass is 479 g/mol. The zero-order valence-corrected chi connectivity index (χ0v) is 20.8. The average Bonchev–Trinajstić information content (AvgIpc) is 3.31. The highest BCUT2D eigenvalue weighted by atomic mass is 16.6. The Morgan fingerprint density at radius 2 is 1.63 bits per heavy atom. The summed E-state index contributed by atoms with van der Waals surface area (Å²) in [6.45, 7) is 8.66. The van der Waals surface area contributed by atoms with Crippen LogP contribution in [-0.2, 0) is 20.9 Å². The molecule has 0 radical (unpaired) electrons. The summed E-state index contributed by atoms with van der Waals surface area (Å²) in [6.07, 6.45) is 0.385. The van der Waals surface area contributed by atoms with E-state index in [2.05, 4.69) is 0 Å². The molecule has 0 N–H and O–H groups in total. The first kappa shape index (κ1) is 24.6. The molecule has 2 aliphatic heterocycles. The van der Waals surface area contributed by atoms with Gasteiger partial charge in [0.25, 0.3) is 0 Å². The van der Waals surface area contributed by atoms with Crippen LogP contribution in [0, 0.1) is 6.92 Å². The Hall–Kier alpha value is -3.55. The molecule has 186 valence electrons. The fourth-order valence-corrected chi connectivity index (χ4v) is 4.60. The van der Waals surface area contributed by atoms with Crippen molar-refractivity contribution in [2.45, 2.75) is 58.8 Å². The number of nitrogens with zero attached hydrogens (tertiary/aromatic N) is 3. The first-order valence-corrected chi connectivity index (χ1v) is 12.0. The number of hydrogen-bond acceptors (Lipinski definition) is 5. The second-order valence-corrected chi connectivity index (χ2v) is 9.96. The molecule has 0 aliphatic carbocycles. The lowest BCUT2D eigenvalue weighted by Gasteiger charge is -2.39. The second-order valence-electron chi connectivity index (χ2n) is 9.96. The van der Waals surface area contributed by atoms with E-state index in [-0.39, 0.29) is 12.5 Å². The van der Waals surface area contributed by atoms with E-state index in [1.54, 1.807) is 9.80 Å². The number of carbonyl (C=O) groups excluding carboxylic acids is 3. The van der Waals surface area contributed by atoms with E-state index in [1.165, 1.54) is 4.90 Å². The van der Waals surface area contributed by atoms with Crippen LogP contribution in [0.4, 0.5) is 21.0 Å². The van der Waals surface area contributed by atoms with Crippen molar-refractivity contribution in [2.24, 2.45) is 0 Å². The number of para-hydroxylation sites is 1. The molecule has 8 heteroatoms. The van der Waals surface area contributed by atoms with Crippen LogP contribution in [0.25, 0.3) is 0 Å². The number of fused-ring (bicyclic) bond motifs is 1. The minimum Gasteiger partial charge on any atom is -0.445 e. The molecule has 3 amide bonds. The Morgan fingerprint density at radius 3 is 2.34 bits per heavy atom. The van der Waals surface area contributed by atoms with Gasteiger partial charge < -0.3 is 14.4 Å². The molecule has 0 spiro atoms. The van der Waals surface area contributed by atoms with Crippen molar-refractivity contribution in [1.29, 1.82) is 0 Å². The summed E-state index contributed by atoms with van der Waals surface area (Å²) in [5.41, 5.74) is 2.45. The van der Waals surface area contributed by atoms with Gasteiger partial charge in [0.05, 0.1) is 11.4 Å². The van der Waals surface area contributed by atoms with E-state index < -0.39 is 23.8 Å². The third-order valence-corrected chi connectivity index (χ3v) is 6.18. The molecule has 8 nitrogen and oxygen atoms in total. The maximum atomic E-state index is 13.7. The number of amides is 3. The summed E-state index contributed by atoms with van der Waals surface area (Å²) in [5.74, 6) is -0.158. The summed E-state index contributed by atoms with van der Waals surface area (Å²) in [6, 6.07) is 14.5. The molecule has 35 heavy (non-hydrogen) atoms. The van der Waals surface area contributed by atoms with Crippen molar-refractivity contribution >= 4 is 29.5 Å². The first-order chi connectivity index (χ1) is 16.7. The number of carbonyl (C=O) groups is 3. The molecular weight excluding hydrogens is 446 g/mol. The van der Waals surface area contributed by atoms with E-state index in [0.29, 0.717) is 37.4 Å². The van der Waals surface area contributed by atoms with Crippen molar-refractivity contribution < 1.29 is 23.9 Å². The molecule has 2 heterocycles. The van der Waals surface area contributed by atoms with Crippen molar-refractivity contribution in [3.8, 4) is 0 Å². The molecular formula is C27H33N3O5. The lowest BCUT2D eigenvalue weighted by molar-refractivity contribution is -0.122. The highest BCUT2D eigenvalue weighted by Crippen LogP contribution is 2.38. The van der Waals surface area contributed by atoms with Crippen LogP contribution < -0.4 is 9.80 Å². The normalized spacial score (nSPS) is 17.7. The number of benzene rings is 2.